The predicted octanol–water partition coefficient (Wildman–Crippen LogP) is 4.15. The van der Waals surface area contributed by atoms with Crippen molar-refractivity contribution in [1.29, 1.82) is 0 Å². The van der Waals surface area contributed by atoms with Crippen LogP contribution in [0.3, 0.4) is 0 Å². The van der Waals surface area contributed by atoms with Crippen LogP contribution in [-0.2, 0) is 6.42 Å². The molecule has 0 fully saturated rings. The Morgan fingerprint density at radius 1 is 1.29 bits per heavy atom. The summed E-state index contributed by atoms with van der Waals surface area (Å²) in [6.07, 6.45) is 5.44. The molecule has 1 atom stereocenters. The highest BCUT2D eigenvalue weighted by Crippen LogP contribution is 2.36. The van der Waals surface area contributed by atoms with E-state index in [2.05, 4.69) is 38.1 Å². The molecule has 76 valence electrons. The normalized spacial score (nSPS) is 20.1. The Hall–Kier alpha value is -0.780. The number of aryl methyl sites for hydroxylation is 1. The Morgan fingerprint density at radius 2 is 2.07 bits per heavy atom. The van der Waals surface area contributed by atoms with Gasteiger partial charge in [-0.25, -0.2) is 0 Å². The quantitative estimate of drug-likeness (QED) is 0.668. The largest absolute Gasteiger partial charge is 0.0628 e. The van der Waals surface area contributed by atoms with Crippen molar-refractivity contribution < 1.29 is 0 Å². The van der Waals surface area contributed by atoms with E-state index in [0.29, 0.717) is 0 Å². The fourth-order valence-electron chi connectivity index (χ4n) is 2.48. The maximum atomic E-state index is 2.33. The van der Waals surface area contributed by atoms with Crippen LogP contribution in [0.1, 0.15) is 50.2 Å². The van der Waals surface area contributed by atoms with Crippen molar-refractivity contribution >= 4 is 0 Å². The number of hydrogen-bond donors (Lipinski definition) is 0. The highest BCUT2D eigenvalue weighted by molar-refractivity contribution is 5.34. The van der Waals surface area contributed by atoms with E-state index in [4.69, 9.17) is 0 Å². The van der Waals surface area contributed by atoms with Crippen LogP contribution in [0.5, 0.6) is 0 Å². The molecule has 0 N–H and O–H groups in total. The average molecular weight is 188 g/mol. The van der Waals surface area contributed by atoms with Crippen LogP contribution in [0.25, 0.3) is 0 Å². The summed E-state index contributed by atoms with van der Waals surface area (Å²) in [5.74, 6) is 1.70. The van der Waals surface area contributed by atoms with Crippen molar-refractivity contribution in [3.05, 3.63) is 35.4 Å². The van der Waals surface area contributed by atoms with Gasteiger partial charge in [-0.2, -0.15) is 0 Å². The molecule has 0 heterocycles. The van der Waals surface area contributed by atoms with Gasteiger partial charge in [0.1, 0.15) is 0 Å². The smallest absolute Gasteiger partial charge is 0.0156 e. The van der Waals surface area contributed by atoms with E-state index < -0.39 is 0 Å². The van der Waals surface area contributed by atoms with Gasteiger partial charge in [0.2, 0.25) is 0 Å². The first-order chi connectivity index (χ1) is 6.77. The van der Waals surface area contributed by atoms with Gasteiger partial charge < -0.3 is 0 Å². The molecule has 0 aromatic heterocycles. The molecule has 0 saturated carbocycles. The first-order valence-corrected chi connectivity index (χ1v) is 5.85. The van der Waals surface area contributed by atoms with Crippen molar-refractivity contribution in [1.82, 2.24) is 0 Å². The summed E-state index contributed by atoms with van der Waals surface area (Å²) in [5, 5.41) is 0. The third-order valence-corrected chi connectivity index (χ3v) is 3.35. The molecule has 0 radical (unpaired) electrons. The zero-order chi connectivity index (χ0) is 9.97. The second-order valence-electron chi connectivity index (χ2n) is 4.91. The molecule has 0 bridgehead atoms. The lowest BCUT2D eigenvalue weighted by atomic mass is 9.93. The van der Waals surface area contributed by atoms with Gasteiger partial charge in [-0.05, 0) is 42.2 Å². The first-order valence-electron chi connectivity index (χ1n) is 5.85. The van der Waals surface area contributed by atoms with Crippen LogP contribution in [-0.4, -0.2) is 0 Å². The molecule has 0 saturated heterocycles. The molecule has 1 aliphatic rings. The van der Waals surface area contributed by atoms with Gasteiger partial charge in [-0.1, -0.05) is 44.5 Å². The molecule has 1 aromatic rings. The van der Waals surface area contributed by atoms with E-state index in [9.17, 15) is 0 Å². The van der Waals surface area contributed by atoms with E-state index >= 15 is 0 Å². The van der Waals surface area contributed by atoms with Gasteiger partial charge in [0.05, 0.1) is 0 Å². The Labute approximate surface area is 87.3 Å². The number of fused-ring (bicyclic) bond motifs is 1. The SMILES string of the molecule is CC(C)CCC1CCc2ccccc21. The van der Waals surface area contributed by atoms with Gasteiger partial charge >= 0.3 is 0 Å². The zero-order valence-electron chi connectivity index (χ0n) is 9.29. The molecular formula is C14H20. The van der Waals surface area contributed by atoms with Crippen LogP contribution in [0.15, 0.2) is 24.3 Å². The first kappa shape index (κ1) is 9.76. The topological polar surface area (TPSA) is 0 Å². The molecule has 0 amide bonds. The zero-order valence-corrected chi connectivity index (χ0v) is 9.29. The summed E-state index contributed by atoms with van der Waals surface area (Å²) in [4.78, 5) is 0. The minimum Gasteiger partial charge on any atom is -0.0628 e. The third kappa shape index (κ3) is 2.00. The lowest BCUT2D eigenvalue weighted by Gasteiger charge is -2.12. The molecule has 1 aliphatic carbocycles. The maximum Gasteiger partial charge on any atom is -0.0156 e. The fourth-order valence-corrected chi connectivity index (χ4v) is 2.48. The molecule has 0 nitrogen and oxygen atoms in total. The Kier molecular flexibility index (Phi) is 2.90. The van der Waals surface area contributed by atoms with E-state index in [1.54, 1.807) is 11.1 Å². The monoisotopic (exact) mass is 188 g/mol. The molecule has 0 spiro atoms. The van der Waals surface area contributed by atoms with E-state index in [0.717, 1.165) is 11.8 Å². The Balaban J connectivity index is 2.03. The van der Waals surface area contributed by atoms with Gasteiger partial charge in [0.15, 0.2) is 0 Å². The molecule has 0 aliphatic heterocycles. The average Bonchev–Trinajstić information content (AvgIpc) is 2.58. The van der Waals surface area contributed by atoms with Crippen LogP contribution >= 0.6 is 0 Å². The van der Waals surface area contributed by atoms with Crippen LogP contribution in [0, 0.1) is 5.92 Å². The summed E-state index contributed by atoms with van der Waals surface area (Å²) in [5.41, 5.74) is 3.23. The summed E-state index contributed by atoms with van der Waals surface area (Å²) in [6.45, 7) is 4.64. The van der Waals surface area contributed by atoms with Crippen LogP contribution < -0.4 is 0 Å². The van der Waals surface area contributed by atoms with Crippen molar-refractivity contribution in [3.8, 4) is 0 Å². The molecule has 14 heavy (non-hydrogen) atoms. The van der Waals surface area contributed by atoms with Gasteiger partial charge in [0.25, 0.3) is 0 Å². The minimum atomic E-state index is 0.850. The summed E-state index contributed by atoms with van der Waals surface area (Å²) in [6, 6.07) is 8.98. The van der Waals surface area contributed by atoms with E-state index in [-0.39, 0.29) is 0 Å². The van der Waals surface area contributed by atoms with Crippen molar-refractivity contribution in [3.63, 3.8) is 0 Å². The van der Waals surface area contributed by atoms with E-state index in [1.165, 1.54) is 25.7 Å². The predicted molar refractivity (Wildman–Crippen MR) is 61.6 cm³/mol. The Bertz CT molecular complexity index is 299. The molecule has 1 unspecified atom stereocenters. The lowest BCUT2D eigenvalue weighted by molar-refractivity contribution is 0.497. The van der Waals surface area contributed by atoms with Crippen LogP contribution in [0.4, 0.5) is 0 Å². The number of rotatable bonds is 3. The number of hydrogen-bond acceptors (Lipinski definition) is 0. The fraction of sp³-hybridized carbons (Fsp3) is 0.571. The van der Waals surface area contributed by atoms with Crippen molar-refractivity contribution in [2.24, 2.45) is 5.92 Å². The molecular weight excluding hydrogens is 168 g/mol. The second kappa shape index (κ2) is 4.16. The summed E-state index contributed by atoms with van der Waals surface area (Å²) >= 11 is 0. The van der Waals surface area contributed by atoms with Crippen molar-refractivity contribution in [2.75, 3.05) is 0 Å². The molecule has 1 aromatic carbocycles. The molecule has 0 heteroatoms. The van der Waals surface area contributed by atoms with Gasteiger partial charge in [-0.15, -0.1) is 0 Å². The number of benzene rings is 1. The summed E-state index contributed by atoms with van der Waals surface area (Å²) < 4.78 is 0. The van der Waals surface area contributed by atoms with Gasteiger partial charge in [0, 0.05) is 0 Å². The minimum absolute atomic E-state index is 0.850. The standard InChI is InChI=1S/C14H20/c1-11(2)7-8-13-10-9-12-5-3-4-6-14(12)13/h3-6,11,13H,7-10H2,1-2H3. The highest BCUT2D eigenvalue weighted by atomic mass is 14.3. The second-order valence-corrected chi connectivity index (χ2v) is 4.91. The van der Waals surface area contributed by atoms with Crippen LogP contribution in [0.2, 0.25) is 0 Å². The molecule has 2 rings (SSSR count). The van der Waals surface area contributed by atoms with Crippen molar-refractivity contribution in [2.45, 2.75) is 45.4 Å². The van der Waals surface area contributed by atoms with E-state index in [1.807, 2.05) is 0 Å². The highest BCUT2D eigenvalue weighted by Gasteiger charge is 2.21. The Morgan fingerprint density at radius 3 is 2.86 bits per heavy atom. The third-order valence-electron chi connectivity index (χ3n) is 3.35. The maximum absolute atomic E-state index is 2.33. The lowest BCUT2D eigenvalue weighted by Crippen LogP contribution is -1.96. The van der Waals surface area contributed by atoms with Gasteiger partial charge in [-0.3, -0.25) is 0 Å². The summed E-state index contributed by atoms with van der Waals surface area (Å²) in [7, 11) is 0.